The van der Waals surface area contributed by atoms with Gasteiger partial charge in [0.1, 0.15) is 28.4 Å². The molecule has 12 aromatic rings. The highest BCUT2D eigenvalue weighted by Gasteiger charge is 2.22. The van der Waals surface area contributed by atoms with Crippen molar-refractivity contribution < 1.29 is 8.83 Å². The van der Waals surface area contributed by atoms with E-state index in [4.69, 9.17) is 8.83 Å². The summed E-state index contributed by atoms with van der Waals surface area (Å²) in [5.41, 5.74) is 11.7. The highest BCUT2D eigenvalue weighted by Crippen LogP contribution is 2.43. The van der Waals surface area contributed by atoms with Crippen LogP contribution in [-0.2, 0) is 0 Å². The molecule has 0 N–H and O–H groups in total. The second-order valence-corrected chi connectivity index (χ2v) is 14.3. The predicted octanol–water partition coefficient (Wildman–Crippen LogP) is 13.1. The zero-order chi connectivity index (χ0) is 37.1. The van der Waals surface area contributed by atoms with E-state index in [0.29, 0.717) is 11.1 Å². The van der Waals surface area contributed by atoms with Crippen LogP contribution in [0.4, 0.5) is 0 Å². The number of rotatable bonds is 3. The minimum atomic E-state index is 0.523. The average Bonchev–Trinajstić information content (AvgIpc) is 4.00. The second-order valence-electron chi connectivity index (χ2n) is 14.3. The van der Waals surface area contributed by atoms with E-state index >= 15 is 0 Å². The summed E-state index contributed by atoms with van der Waals surface area (Å²) in [6.45, 7) is 0. The molecule has 4 aromatic heterocycles. The van der Waals surface area contributed by atoms with Gasteiger partial charge in [-0.05, 0) is 90.0 Å². The van der Waals surface area contributed by atoms with Gasteiger partial charge in [0, 0.05) is 43.4 Å². The molecule has 6 heteroatoms. The molecule has 0 aliphatic heterocycles. The van der Waals surface area contributed by atoms with Crippen molar-refractivity contribution in [3.05, 3.63) is 169 Å². The van der Waals surface area contributed by atoms with E-state index in [9.17, 15) is 10.5 Å². The second kappa shape index (κ2) is 11.2. The normalized spacial score (nSPS) is 11.9. The van der Waals surface area contributed by atoms with E-state index in [1.807, 2.05) is 91.0 Å². The lowest BCUT2D eigenvalue weighted by Crippen LogP contribution is -1.99. The molecule has 6 nitrogen and oxygen atoms in total. The molecule has 0 amide bonds. The Balaban J connectivity index is 1.07. The summed E-state index contributed by atoms with van der Waals surface area (Å²) in [4.78, 5) is 0. The highest BCUT2D eigenvalue weighted by atomic mass is 16.3. The zero-order valence-electron chi connectivity index (χ0n) is 29.6. The van der Waals surface area contributed by atoms with Crippen molar-refractivity contribution in [3.63, 3.8) is 0 Å². The summed E-state index contributed by atoms with van der Waals surface area (Å²) in [6.07, 6.45) is 0. The number of hydrogen-bond donors (Lipinski definition) is 0. The monoisotopic (exact) mass is 714 g/mol. The van der Waals surface area contributed by atoms with Gasteiger partial charge in [-0.2, -0.15) is 10.5 Å². The third kappa shape index (κ3) is 4.07. The molecule has 0 unspecified atom stereocenters. The third-order valence-electron chi connectivity index (χ3n) is 11.4. The molecule has 0 radical (unpaired) electrons. The van der Waals surface area contributed by atoms with E-state index < -0.39 is 0 Å². The highest BCUT2D eigenvalue weighted by molar-refractivity contribution is 6.27. The van der Waals surface area contributed by atoms with Gasteiger partial charge in [-0.3, -0.25) is 0 Å². The number of nitriles is 2. The van der Waals surface area contributed by atoms with Crippen LogP contribution in [0.3, 0.4) is 0 Å². The first kappa shape index (κ1) is 30.4. The molecule has 0 saturated carbocycles. The lowest BCUT2D eigenvalue weighted by atomic mass is 9.99. The van der Waals surface area contributed by atoms with Gasteiger partial charge in [0.2, 0.25) is 0 Å². The smallest absolute Gasteiger partial charge is 0.145 e. The number of nitrogens with zero attached hydrogens (tertiary/aromatic N) is 4. The minimum Gasteiger partial charge on any atom is -0.456 e. The van der Waals surface area contributed by atoms with Crippen LogP contribution < -0.4 is 0 Å². The molecule has 258 valence electrons. The van der Waals surface area contributed by atoms with E-state index in [0.717, 1.165) is 110 Å². The molecular weight excluding hydrogens is 689 g/mol. The quantitative estimate of drug-likeness (QED) is 0.182. The first-order valence-corrected chi connectivity index (χ1v) is 18.5. The van der Waals surface area contributed by atoms with Gasteiger partial charge in [0.25, 0.3) is 0 Å². The number of furan rings is 2. The first-order valence-electron chi connectivity index (χ1n) is 18.5. The van der Waals surface area contributed by atoms with Gasteiger partial charge < -0.3 is 18.0 Å². The Morgan fingerprint density at radius 2 is 1.07 bits per heavy atom. The van der Waals surface area contributed by atoms with Gasteiger partial charge in [-0.15, -0.1) is 0 Å². The molecule has 0 saturated heterocycles. The summed E-state index contributed by atoms with van der Waals surface area (Å²) >= 11 is 0. The molecule has 4 heterocycles. The SMILES string of the molecule is N#Cc1cc(-c2ccc(-n3c4ccccc4c4c5c(ccc43)oc3ccccc35)c(C#N)c2)cc(-n2c3ccccc3c3c4oc5ccccc5c4ccc32)c1. The maximum Gasteiger partial charge on any atom is 0.145 e. The van der Waals surface area contributed by atoms with E-state index in [-0.39, 0.29) is 0 Å². The number of para-hydroxylation sites is 4. The summed E-state index contributed by atoms with van der Waals surface area (Å²) in [5, 5.41) is 29.6. The molecule has 0 fully saturated rings. The van der Waals surface area contributed by atoms with Crippen molar-refractivity contribution in [2.75, 3.05) is 0 Å². The number of fused-ring (bicyclic) bond motifs is 14. The largest absolute Gasteiger partial charge is 0.456 e. The fourth-order valence-electron chi connectivity index (χ4n) is 9.02. The molecular formula is C50H26N4O2. The Morgan fingerprint density at radius 1 is 0.411 bits per heavy atom. The van der Waals surface area contributed by atoms with Crippen LogP contribution >= 0.6 is 0 Å². The average molecular weight is 715 g/mol. The Labute approximate surface area is 318 Å². The van der Waals surface area contributed by atoms with Crippen LogP contribution in [0.15, 0.2) is 167 Å². The van der Waals surface area contributed by atoms with Gasteiger partial charge in [0.15, 0.2) is 0 Å². The minimum absolute atomic E-state index is 0.523. The topological polar surface area (TPSA) is 83.7 Å². The zero-order valence-corrected chi connectivity index (χ0v) is 29.6. The van der Waals surface area contributed by atoms with E-state index in [1.54, 1.807) is 0 Å². The maximum atomic E-state index is 10.8. The van der Waals surface area contributed by atoms with Crippen LogP contribution in [0.25, 0.3) is 110 Å². The Morgan fingerprint density at radius 3 is 1.86 bits per heavy atom. The van der Waals surface area contributed by atoms with Crippen molar-refractivity contribution in [2.24, 2.45) is 0 Å². The Kier molecular flexibility index (Phi) is 6.10. The number of aromatic nitrogens is 2. The van der Waals surface area contributed by atoms with E-state index in [1.165, 1.54) is 0 Å². The van der Waals surface area contributed by atoms with Crippen LogP contribution in [-0.4, -0.2) is 9.13 Å². The molecule has 0 spiro atoms. The van der Waals surface area contributed by atoms with Crippen LogP contribution in [0.2, 0.25) is 0 Å². The fraction of sp³-hybridized carbons (Fsp3) is 0. The molecule has 0 aliphatic carbocycles. The fourth-order valence-corrected chi connectivity index (χ4v) is 9.02. The molecule has 0 aliphatic rings. The van der Waals surface area contributed by atoms with Gasteiger partial charge in [0.05, 0.1) is 50.3 Å². The van der Waals surface area contributed by atoms with Gasteiger partial charge >= 0.3 is 0 Å². The Bertz CT molecular complexity index is 3750. The number of hydrogen-bond acceptors (Lipinski definition) is 4. The van der Waals surface area contributed by atoms with Crippen molar-refractivity contribution >= 4 is 87.5 Å². The van der Waals surface area contributed by atoms with Crippen molar-refractivity contribution in [1.29, 1.82) is 10.5 Å². The molecule has 0 bridgehead atoms. The molecule has 12 rings (SSSR count). The maximum absolute atomic E-state index is 10.8. The summed E-state index contributed by atoms with van der Waals surface area (Å²) < 4.78 is 17.2. The standard InChI is InChI=1S/C50H26N4O2/c51-27-29-23-31(26-33(24-29)53-40-13-5-2-11-37(40)48-43(53)20-18-35-34-9-3-7-15-44(34)56-50(35)48)30-17-19-39(32(25-30)28-52)54-41-14-6-1-10-36(41)47-42(54)21-22-46-49(47)38-12-4-8-16-45(38)55-46/h1-26H. The lowest BCUT2D eigenvalue weighted by molar-refractivity contribution is 0.669. The van der Waals surface area contributed by atoms with Crippen LogP contribution in [0.1, 0.15) is 11.1 Å². The molecule has 8 aromatic carbocycles. The molecule has 0 atom stereocenters. The van der Waals surface area contributed by atoms with Crippen molar-refractivity contribution in [1.82, 2.24) is 9.13 Å². The predicted molar refractivity (Wildman–Crippen MR) is 225 cm³/mol. The number of benzene rings is 8. The van der Waals surface area contributed by atoms with Crippen molar-refractivity contribution in [2.45, 2.75) is 0 Å². The van der Waals surface area contributed by atoms with E-state index in [2.05, 4.69) is 88.0 Å². The van der Waals surface area contributed by atoms with Crippen LogP contribution in [0, 0.1) is 22.7 Å². The van der Waals surface area contributed by atoms with Gasteiger partial charge in [-0.25, -0.2) is 0 Å². The van der Waals surface area contributed by atoms with Crippen molar-refractivity contribution in [3.8, 4) is 34.6 Å². The Hall–Kier alpha value is -8.06. The lowest BCUT2D eigenvalue weighted by Gasteiger charge is -2.14. The molecule has 56 heavy (non-hydrogen) atoms. The summed E-state index contributed by atoms with van der Waals surface area (Å²) in [5.74, 6) is 0. The first-order chi connectivity index (χ1) is 27.7. The van der Waals surface area contributed by atoms with Gasteiger partial charge in [-0.1, -0.05) is 78.9 Å². The third-order valence-corrected chi connectivity index (χ3v) is 11.4. The summed E-state index contributed by atoms with van der Waals surface area (Å²) in [7, 11) is 0. The van der Waals surface area contributed by atoms with Crippen LogP contribution in [0.5, 0.6) is 0 Å². The summed E-state index contributed by atoms with van der Waals surface area (Å²) in [6, 6.07) is 58.1.